The number of hydrogen-bond acceptors (Lipinski definition) is 5. The van der Waals surface area contributed by atoms with Crippen LogP contribution in [0.15, 0.2) is 35.1 Å². The number of H-pyrrole nitrogens is 1. The molecule has 1 aromatic heterocycles. The molecule has 0 aliphatic carbocycles. The third kappa shape index (κ3) is 3.85. The molecule has 22 heavy (non-hydrogen) atoms. The lowest BCUT2D eigenvalue weighted by atomic mass is 10.2. The predicted octanol–water partition coefficient (Wildman–Crippen LogP) is 1.82. The average molecular weight is 303 g/mol. The third-order valence-electron chi connectivity index (χ3n) is 2.72. The van der Waals surface area contributed by atoms with Crippen molar-refractivity contribution in [2.45, 2.75) is 13.8 Å². The van der Waals surface area contributed by atoms with E-state index in [0.29, 0.717) is 30.4 Å². The fourth-order valence-electron chi connectivity index (χ4n) is 1.80. The van der Waals surface area contributed by atoms with Gasteiger partial charge in [0.25, 0.3) is 11.5 Å². The van der Waals surface area contributed by atoms with Gasteiger partial charge < -0.3 is 14.8 Å². The van der Waals surface area contributed by atoms with Crippen molar-refractivity contribution in [1.29, 1.82) is 0 Å². The summed E-state index contributed by atoms with van der Waals surface area (Å²) >= 11 is 0. The summed E-state index contributed by atoms with van der Waals surface area (Å²) in [5.41, 5.74) is 0.208. The highest BCUT2D eigenvalue weighted by atomic mass is 16.5. The van der Waals surface area contributed by atoms with Gasteiger partial charge in [0.15, 0.2) is 0 Å². The monoisotopic (exact) mass is 303 g/mol. The number of benzene rings is 1. The molecule has 0 saturated heterocycles. The Kier molecular flexibility index (Phi) is 5.13. The molecule has 0 radical (unpaired) electrons. The summed E-state index contributed by atoms with van der Waals surface area (Å²) in [5, 5.41) is 8.60. The molecular weight excluding hydrogens is 286 g/mol. The quantitative estimate of drug-likeness (QED) is 0.849. The van der Waals surface area contributed by atoms with Gasteiger partial charge in [-0.3, -0.25) is 9.59 Å². The van der Waals surface area contributed by atoms with E-state index in [1.165, 1.54) is 12.1 Å². The number of ether oxygens (including phenoxy) is 2. The second kappa shape index (κ2) is 7.26. The van der Waals surface area contributed by atoms with Crippen LogP contribution < -0.4 is 20.3 Å². The first-order valence-corrected chi connectivity index (χ1v) is 6.90. The summed E-state index contributed by atoms with van der Waals surface area (Å²) < 4.78 is 10.9. The second-order valence-electron chi connectivity index (χ2n) is 4.28. The Morgan fingerprint density at radius 3 is 2.59 bits per heavy atom. The van der Waals surface area contributed by atoms with Gasteiger partial charge in [0, 0.05) is 12.1 Å². The number of nitrogens with zero attached hydrogens (tertiary/aromatic N) is 1. The number of anilines is 1. The van der Waals surface area contributed by atoms with Crippen molar-refractivity contribution in [3.05, 3.63) is 46.4 Å². The van der Waals surface area contributed by atoms with Gasteiger partial charge in [0.1, 0.15) is 17.2 Å². The molecular formula is C15H17N3O4. The van der Waals surface area contributed by atoms with E-state index in [1.54, 1.807) is 18.2 Å². The molecule has 0 spiro atoms. The molecule has 2 aromatic rings. The van der Waals surface area contributed by atoms with Crippen molar-refractivity contribution < 1.29 is 14.3 Å². The van der Waals surface area contributed by atoms with Crippen LogP contribution in [0.3, 0.4) is 0 Å². The first-order chi connectivity index (χ1) is 10.6. The first-order valence-electron chi connectivity index (χ1n) is 6.90. The summed E-state index contributed by atoms with van der Waals surface area (Å²) in [4.78, 5) is 23.1. The number of hydrogen-bond donors (Lipinski definition) is 2. The molecule has 7 nitrogen and oxygen atoms in total. The van der Waals surface area contributed by atoms with E-state index in [1.807, 2.05) is 13.8 Å². The van der Waals surface area contributed by atoms with Gasteiger partial charge in [-0.25, -0.2) is 5.10 Å². The van der Waals surface area contributed by atoms with Crippen LogP contribution in [-0.4, -0.2) is 29.3 Å². The van der Waals surface area contributed by atoms with Crippen LogP contribution in [0.2, 0.25) is 0 Å². The molecule has 2 rings (SSSR count). The highest BCUT2D eigenvalue weighted by Crippen LogP contribution is 2.29. The van der Waals surface area contributed by atoms with E-state index in [-0.39, 0.29) is 11.3 Å². The van der Waals surface area contributed by atoms with Crippen molar-refractivity contribution in [3.8, 4) is 11.5 Å². The Balaban J connectivity index is 2.25. The number of carbonyl (C=O) groups is 1. The SMILES string of the molecule is CCOc1ccc(OCC)c(NC(=O)c2ccc(=O)[nH]n2)c1. The van der Waals surface area contributed by atoms with Gasteiger partial charge in [0.05, 0.1) is 18.9 Å². The van der Waals surface area contributed by atoms with Gasteiger partial charge in [0.2, 0.25) is 0 Å². The Labute approximate surface area is 127 Å². The molecule has 1 amide bonds. The molecule has 0 fully saturated rings. The Morgan fingerprint density at radius 2 is 1.95 bits per heavy atom. The Hall–Kier alpha value is -2.83. The van der Waals surface area contributed by atoms with Gasteiger partial charge >= 0.3 is 0 Å². The lowest BCUT2D eigenvalue weighted by Gasteiger charge is -2.13. The molecule has 116 valence electrons. The molecule has 2 N–H and O–H groups in total. The minimum atomic E-state index is -0.453. The zero-order chi connectivity index (χ0) is 15.9. The third-order valence-corrected chi connectivity index (χ3v) is 2.72. The van der Waals surface area contributed by atoms with E-state index in [9.17, 15) is 9.59 Å². The highest BCUT2D eigenvalue weighted by Gasteiger charge is 2.12. The molecule has 0 aliphatic rings. The normalized spacial score (nSPS) is 10.1. The minimum absolute atomic E-state index is 0.101. The van der Waals surface area contributed by atoms with Gasteiger partial charge in [-0.15, -0.1) is 0 Å². The van der Waals surface area contributed by atoms with Crippen molar-refractivity contribution in [1.82, 2.24) is 10.2 Å². The summed E-state index contributed by atoms with van der Waals surface area (Å²) in [7, 11) is 0. The van der Waals surface area contributed by atoms with Crippen molar-refractivity contribution >= 4 is 11.6 Å². The van der Waals surface area contributed by atoms with E-state index in [0.717, 1.165) is 0 Å². The largest absolute Gasteiger partial charge is 0.494 e. The summed E-state index contributed by atoms with van der Waals surface area (Å²) in [6, 6.07) is 7.76. The van der Waals surface area contributed by atoms with Crippen LogP contribution in [0, 0.1) is 0 Å². The van der Waals surface area contributed by atoms with Crippen molar-refractivity contribution in [2.24, 2.45) is 0 Å². The zero-order valence-corrected chi connectivity index (χ0v) is 12.4. The molecule has 1 aromatic carbocycles. The average Bonchev–Trinajstić information content (AvgIpc) is 2.51. The van der Waals surface area contributed by atoms with Crippen LogP contribution in [-0.2, 0) is 0 Å². The minimum Gasteiger partial charge on any atom is -0.494 e. The second-order valence-corrected chi connectivity index (χ2v) is 4.28. The number of amides is 1. The van der Waals surface area contributed by atoms with E-state index >= 15 is 0 Å². The van der Waals surface area contributed by atoms with Crippen LogP contribution >= 0.6 is 0 Å². The molecule has 0 unspecified atom stereocenters. The fourth-order valence-corrected chi connectivity index (χ4v) is 1.80. The first kappa shape index (κ1) is 15.6. The highest BCUT2D eigenvalue weighted by molar-refractivity contribution is 6.03. The fraction of sp³-hybridized carbons (Fsp3) is 0.267. The number of carbonyl (C=O) groups excluding carboxylic acids is 1. The van der Waals surface area contributed by atoms with Crippen LogP contribution in [0.1, 0.15) is 24.3 Å². The summed E-state index contributed by atoms with van der Waals surface area (Å²) in [5.74, 6) is 0.699. The summed E-state index contributed by atoms with van der Waals surface area (Å²) in [6.45, 7) is 4.71. The molecule has 0 aliphatic heterocycles. The lowest BCUT2D eigenvalue weighted by molar-refractivity contribution is 0.102. The van der Waals surface area contributed by atoms with Gasteiger partial charge in [-0.2, -0.15) is 5.10 Å². The van der Waals surface area contributed by atoms with Crippen LogP contribution in [0.4, 0.5) is 5.69 Å². The predicted molar refractivity (Wildman–Crippen MR) is 81.6 cm³/mol. The van der Waals surface area contributed by atoms with Crippen LogP contribution in [0.25, 0.3) is 0 Å². The molecule has 0 atom stereocenters. The topological polar surface area (TPSA) is 93.3 Å². The maximum absolute atomic E-state index is 12.2. The maximum atomic E-state index is 12.2. The van der Waals surface area contributed by atoms with Crippen molar-refractivity contribution in [3.63, 3.8) is 0 Å². The Morgan fingerprint density at radius 1 is 1.18 bits per heavy atom. The van der Waals surface area contributed by atoms with Crippen molar-refractivity contribution in [2.75, 3.05) is 18.5 Å². The van der Waals surface area contributed by atoms with Gasteiger partial charge in [-0.1, -0.05) is 0 Å². The number of nitrogens with one attached hydrogen (secondary N) is 2. The molecule has 7 heteroatoms. The summed E-state index contributed by atoms with van der Waals surface area (Å²) in [6.07, 6.45) is 0. The maximum Gasteiger partial charge on any atom is 0.276 e. The zero-order valence-electron chi connectivity index (χ0n) is 12.4. The lowest BCUT2D eigenvalue weighted by Crippen LogP contribution is -2.18. The number of aromatic amines is 1. The number of rotatable bonds is 6. The van der Waals surface area contributed by atoms with Gasteiger partial charge in [-0.05, 0) is 32.0 Å². The van der Waals surface area contributed by atoms with Crippen LogP contribution in [0.5, 0.6) is 11.5 Å². The smallest absolute Gasteiger partial charge is 0.276 e. The standard InChI is InChI=1S/C15H17N3O4/c1-3-21-10-5-7-13(22-4-2)12(9-10)16-15(20)11-6-8-14(19)18-17-11/h5-9H,3-4H2,1-2H3,(H,16,20)(H,18,19). The molecule has 0 saturated carbocycles. The Bertz CT molecular complexity index is 692. The van der Waals surface area contributed by atoms with E-state index in [4.69, 9.17) is 9.47 Å². The number of aromatic nitrogens is 2. The molecule has 0 bridgehead atoms. The molecule has 1 heterocycles. The van der Waals surface area contributed by atoms with E-state index in [2.05, 4.69) is 15.5 Å². The van der Waals surface area contributed by atoms with E-state index < -0.39 is 5.91 Å².